The van der Waals surface area contributed by atoms with E-state index >= 15 is 0 Å². The summed E-state index contributed by atoms with van der Waals surface area (Å²) in [5.41, 5.74) is 4.15. The largest absolute Gasteiger partial charge is 0.490 e. The number of phosphoric ester groups is 1. The van der Waals surface area contributed by atoms with Gasteiger partial charge in [0, 0.05) is 6.20 Å². The number of nitrogens with one attached hydrogen (secondary N) is 1. The number of nitrogen functional groups attached to an aromatic ring is 1. The highest BCUT2D eigenvalue weighted by Gasteiger charge is 2.56. The molecular formula is C13H15ClFN4O13P3. The number of hydrogen-bond acceptors (Lipinski definition) is 11. The van der Waals surface area contributed by atoms with Crippen LogP contribution in [-0.2, 0) is 31.6 Å². The number of rotatable bonds is 8. The molecule has 3 rings (SSSR count). The fraction of sp³-hybridized carbons (Fsp3) is 0.385. The summed E-state index contributed by atoms with van der Waals surface area (Å²) in [6.45, 7) is -1.12. The Bertz CT molecular complexity index is 1400. The number of phosphoric acid groups is 3. The van der Waals surface area contributed by atoms with Crippen LogP contribution >= 0.6 is 35.1 Å². The number of terminal acetylenes is 1. The zero-order valence-electron chi connectivity index (χ0n) is 16.7. The number of nitrogens with zero attached hydrogens (tertiary/aromatic N) is 2. The van der Waals surface area contributed by atoms with Crippen molar-refractivity contribution in [2.75, 3.05) is 12.3 Å². The molecule has 2 aromatic heterocycles. The molecule has 0 spiro atoms. The lowest BCUT2D eigenvalue weighted by molar-refractivity contribution is -0.0427. The normalized spacial score (nSPS) is 28.5. The second-order valence-electron chi connectivity index (χ2n) is 6.80. The number of anilines is 1. The average Bonchev–Trinajstić information content (AvgIpc) is 3.12. The second-order valence-corrected chi connectivity index (χ2v) is 11.9. The third-order valence-electron chi connectivity index (χ3n) is 4.39. The molecule has 0 saturated carbocycles. The fourth-order valence-corrected chi connectivity index (χ4v) is 6.42. The minimum atomic E-state index is -5.80. The summed E-state index contributed by atoms with van der Waals surface area (Å²) in [6, 6.07) is 0. The Morgan fingerprint density at radius 2 is 1.94 bits per heavy atom. The van der Waals surface area contributed by atoms with E-state index in [2.05, 4.69) is 23.1 Å². The third kappa shape index (κ3) is 5.85. The Hall–Kier alpha value is -1.67. The van der Waals surface area contributed by atoms with Crippen molar-refractivity contribution in [1.29, 1.82) is 0 Å². The zero-order valence-corrected chi connectivity index (χ0v) is 20.1. The van der Waals surface area contributed by atoms with E-state index in [0.717, 1.165) is 10.8 Å². The van der Waals surface area contributed by atoms with Gasteiger partial charge in [0.2, 0.25) is 5.95 Å². The van der Waals surface area contributed by atoms with Gasteiger partial charge in [-0.3, -0.25) is 18.9 Å². The van der Waals surface area contributed by atoms with Crippen LogP contribution in [0.4, 0.5) is 10.3 Å². The number of hydrogen-bond donors (Lipinski definition) is 7. The van der Waals surface area contributed by atoms with Crippen molar-refractivity contribution in [2.24, 2.45) is 0 Å². The van der Waals surface area contributed by atoms with E-state index in [-0.39, 0.29) is 5.65 Å². The molecule has 17 nitrogen and oxygen atoms in total. The molecule has 0 bridgehead atoms. The van der Waals surface area contributed by atoms with Crippen molar-refractivity contribution < 1.29 is 60.6 Å². The van der Waals surface area contributed by atoms with Gasteiger partial charge in [0.15, 0.2) is 22.6 Å². The fourth-order valence-electron chi connectivity index (χ4n) is 3.09. The number of aliphatic hydroxyl groups excluding tert-OH is 1. The molecule has 0 aliphatic carbocycles. The van der Waals surface area contributed by atoms with E-state index in [9.17, 15) is 37.8 Å². The van der Waals surface area contributed by atoms with Gasteiger partial charge in [0.05, 0.1) is 6.61 Å². The maximum Gasteiger partial charge on any atom is 0.490 e. The highest BCUT2D eigenvalue weighted by Crippen LogP contribution is 2.66. The van der Waals surface area contributed by atoms with Crippen LogP contribution in [-0.4, -0.2) is 62.9 Å². The molecule has 0 amide bonds. The Morgan fingerprint density at radius 1 is 1.31 bits per heavy atom. The van der Waals surface area contributed by atoms with Crippen LogP contribution in [0.2, 0.25) is 0 Å². The second kappa shape index (κ2) is 9.33. The van der Waals surface area contributed by atoms with Crippen LogP contribution in [0.15, 0.2) is 11.0 Å². The van der Waals surface area contributed by atoms with Gasteiger partial charge in [0.25, 0.3) is 5.56 Å². The number of aliphatic hydroxyl groups is 1. The Balaban J connectivity index is 1.87. The van der Waals surface area contributed by atoms with Crippen LogP contribution in [0.25, 0.3) is 11.0 Å². The molecule has 3 heterocycles. The number of fused-ring (bicyclic) bond motifs is 1. The van der Waals surface area contributed by atoms with Crippen LogP contribution in [0.5, 0.6) is 0 Å². The van der Waals surface area contributed by atoms with Gasteiger partial charge < -0.3 is 35.2 Å². The number of H-pyrrole nitrogens is 1. The van der Waals surface area contributed by atoms with E-state index in [1.54, 1.807) is 0 Å². The van der Waals surface area contributed by atoms with Crippen LogP contribution in [0, 0.1) is 18.2 Å². The smallest absolute Gasteiger partial charge is 0.387 e. The lowest BCUT2D eigenvalue weighted by atomic mass is 9.99. The van der Waals surface area contributed by atoms with E-state index in [1.165, 1.54) is 0 Å². The predicted octanol–water partition coefficient (Wildman–Crippen LogP) is -0.342. The first-order valence-electron chi connectivity index (χ1n) is 8.73. The number of halogens is 2. The maximum atomic E-state index is 14.4. The highest BCUT2D eigenvalue weighted by molar-refractivity contribution is 7.66. The minimum absolute atomic E-state index is 0.380. The summed E-state index contributed by atoms with van der Waals surface area (Å²) in [5.74, 6) is 0.530. The summed E-state index contributed by atoms with van der Waals surface area (Å²) in [5, 5.41) is 10.0. The van der Waals surface area contributed by atoms with Crippen molar-refractivity contribution in [3.63, 3.8) is 0 Å². The summed E-state index contributed by atoms with van der Waals surface area (Å²) in [4.78, 5) is 51.5. The Labute approximate surface area is 198 Å². The van der Waals surface area contributed by atoms with Crippen LogP contribution < -0.4 is 11.3 Å². The number of ether oxygens (including phenoxy) is 1. The van der Waals surface area contributed by atoms with E-state index in [4.69, 9.17) is 38.3 Å². The molecule has 0 radical (unpaired) electrons. The van der Waals surface area contributed by atoms with Gasteiger partial charge in [0.1, 0.15) is 17.6 Å². The number of aromatic amines is 1. The lowest BCUT2D eigenvalue weighted by Gasteiger charge is -2.25. The third-order valence-corrected chi connectivity index (χ3v) is 8.71. The number of nitrogens with two attached hydrogens (primary N) is 1. The molecule has 2 aromatic rings. The van der Waals surface area contributed by atoms with Crippen LogP contribution in [0.1, 0.15) is 6.23 Å². The zero-order chi connectivity index (χ0) is 26.6. The topological polar surface area (TPSA) is 266 Å². The molecule has 1 saturated heterocycles. The first-order valence-corrected chi connectivity index (χ1v) is 13.6. The SMILES string of the molecule is C#CC1(Cl)[C@@H](O)[C@@H](COP(=O)(O)OP(=O)(O)OP(=O)(O)O)O[C@H]1n1cc(F)c2c(=O)[nH]c(N)nc21. The van der Waals surface area contributed by atoms with Gasteiger partial charge in [-0.2, -0.15) is 13.6 Å². The molecule has 194 valence electrons. The molecule has 8 N–H and O–H groups in total. The predicted molar refractivity (Wildman–Crippen MR) is 112 cm³/mol. The molecule has 1 aliphatic rings. The first-order chi connectivity index (χ1) is 15.9. The quantitative estimate of drug-likeness (QED) is 0.119. The van der Waals surface area contributed by atoms with E-state index in [1.807, 2.05) is 5.92 Å². The van der Waals surface area contributed by atoms with Crippen molar-refractivity contribution >= 4 is 52.1 Å². The standard InChI is InChI=1S/C13H15ClFN4O13P3/c1-2-13(14)8(20)6(4-29-34(25,26)32-35(27,28)31-33(22,23)24)30-11(13)19-3-5(15)7-9(19)17-12(16)18-10(7)21/h1,3,6,8,11,20H,4H2,(H,25,26)(H,27,28)(H2,22,23,24)(H3,16,17,18,21)/t6-,8+,11-,13?/m1/s1. The van der Waals surface area contributed by atoms with Gasteiger partial charge in [-0.05, 0) is 0 Å². The first kappa shape index (κ1) is 27.9. The van der Waals surface area contributed by atoms with Crippen molar-refractivity contribution in [1.82, 2.24) is 14.5 Å². The van der Waals surface area contributed by atoms with Gasteiger partial charge >= 0.3 is 23.5 Å². The lowest BCUT2D eigenvalue weighted by Crippen LogP contribution is -2.41. The number of aromatic nitrogens is 3. The molecule has 22 heteroatoms. The van der Waals surface area contributed by atoms with Crippen molar-refractivity contribution in [2.45, 2.75) is 23.3 Å². The van der Waals surface area contributed by atoms with Crippen LogP contribution in [0.3, 0.4) is 0 Å². The van der Waals surface area contributed by atoms with Gasteiger partial charge in [-0.15, -0.1) is 6.42 Å². The highest BCUT2D eigenvalue weighted by atomic mass is 35.5. The van der Waals surface area contributed by atoms with Crippen molar-refractivity contribution in [3.05, 3.63) is 22.4 Å². The number of alkyl halides is 1. The summed E-state index contributed by atoms with van der Waals surface area (Å²) in [7, 11) is -17.0. The molecule has 1 fully saturated rings. The van der Waals surface area contributed by atoms with Crippen molar-refractivity contribution in [3.8, 4) is 12.3 Å². The van der Waals surface area contributed by atoms with E-state index < -0.39 is 76.1 Å². The minimum Gasteiger partial charge on any atom is -0.387 e. The molecule has 3 unspecified atom stereocenters. The monoisotopic (exact) mass is 582 g/mol. The summed E-state index contributed by atoms with van der Waals surface area (Å²) >= 11 is 6.31. The molecular weight excluding hydrogens is 568 g/mol. The van der Waals surface area contributed by atoms with Gasteiger partial charge in [-0.1, -0.05) is 17.5 Å². The molecule has 35 heavy (non-hydrogen) atoms. The molecule has 1 aliphatic heterocycles. The molecule has 6 atom stereocenters. The van der Waals surface area contributed by atoms with E-state index in [0.29, 0.717) is 0 Å². The average molecular weight is 583 g/mol. The summed E-state index contributed by atoms with van der Waals surface area (Å²) < 4.78 is 66.3. The molecule has 0 aromatic carbocycles. The van der Waals surface area contributed by atoms with Gasteiger partial charge in [-0.25, -0.2) is 18.1 Å². The Morgan fingerprint density at radius 3 is 2.51 bits per heavy atom. The summed E-state index contributed by atoms with van der Waals surface area (Å²) in [6.07, 6.45) is 0.876. The Kier molecular flexibility index (Phi) is 7.44. The maximum absolute atomic E-state index is 14.4.